The summed E-state index contributed by atoms with van der Waals surface area (Å²) in [7, 11) is -8.56. The van der Waals surface area contributed by atoms with E-state index < -0.39 is 7.81 Å². The number of hydrogen-bond donors (Lipinski definition) is 0. The Morgan fingerprint density at radius 1 is 1.06 bits per heavy atom. The number of halogens is 6. The summed E-state index contributed by atoms with van der Waals surface area (Å²) in [4.78, 5) is 4.53. The van der Waals surface area contributed by atoms with Crippen LogP contribution >= 0.6 is 7.81 Å². The Kier molecular flexibility index (Phi) is 4.38. The SMILES string of the molecule is CCCCN1C=CN(C)C1.F[P-](F)(F)(F)(F)F. The molecular weight excluding hydrogens is 269 g/mol. The molecule has 0 saturated carbocycles. The van der Waals surface area contributed by atoms with E-state index in [1.807, 2.05) is 0 Å². The fraction of sp³-hybridized carbons (Fsp3) is 0.750. The molecule has 0 amide bonds. The van der Waals surface area contributed by atoms with E-state index in [4.69, 9.17) is 0 Å². The number of unbranched alkanes of at least 4 members (excludes halogenated alkanes) is 1. The van der Waals surface area contributed by atoms with Crippen LogP contribution in [0.1, 0.15) is 19.8 Å². The van der Waals surface area contributed by atoms with Gasteiger partial charge >= 0.3 is 33.0 Å². The number of rotatable bonds is 3. The van der Waals surface area contributed by atoms with E-state index in [9.17, 15) is 25.2 Å². The van der Waals surface area contributed by atoms with Crippen molar-refractivity contribution in [3.05, 3.63) is 12.4 Å². The molecule has 0 spiro atoms. The zero-order chi connectivity index (χ0) is 13.8. The van der Waals surface area contributed by atoms with Gasteiger partial charge in [-0.25, -0.2) is 0 Å². The quantitative estimate of drug-likeness (QED) is 0.540. The van der Waals surface area contributed by atoms with Gasteiger partial charge in [-0.15, -0.1) is 0 Å². The molecule has 0 fully saturated rings. The van der Waals surface area contributed by atoms with Gasteiger partial charge in [0.15, 0.2) is 0 Å². The normalized spacial score (nSPS) is 19.5. The number of hydrogen-bond acceptors (Lipinski definition) is 2. The summed E-state index contributed by atoms with van der Waals surface area (Å²) in [6.45, 7) is 4.50. The molecule has 0 N–H and O–H groups in total. The van der Waals surface area contributed by atoms with Gasteiger partial charge in [-0.3, -0.25) is 0 Å². The van der Waals surface area contributed by atoms with Gasteiger partial charge in [-0.2, -0.15) is 0 Å². The van der Waals surface area contributed by atoms with Crippen molar-refractivity contribution >= 4 is 7.81 Å². The standard InChI is InChI=1S/C8H16N2.F6P/c1-3-4-5-10-7-6-9(2)8-10;1-7(2,3,4,5)6/h6-7H,3-5,8H2,1-2H3;/q;-1. The summed E-state index contributed by atoms with van der Waals surface area (Å²) >= 11 is 0. The maximum absolute atomic E-state index is 10.7. The predicted octanol–water partition coefficient (Wildman–Crippen LogP) is 4.85. The first-order chi connectivity index (χ1) is 7.28. The molecule has 0 atom stereocenters. The molecule has 0 unspecified atom stereocenters. The second-order valence-electron chi connectivity index (χ2n) is 3.82. The molecule has 1 aliphatic rings. The molecule has 0 aromatic rings. The van der Waals surface area contributed by atoms with E-state index in [-0.39, 0.29) is 0 Å². The van der Waals surface area contributed by atoms with Crippen LogP contribution in [0.15, 0.2) is 12.4 Å². The van der Waals surface area contributed by atoms with Crippen LogP contribution in [0.3, 0.4) is 0 Å². The molecule has 0 aliphatic carbocycles. The molecule has 1 aliphatic heterocycles. The molecule has 0 aromatic carbocycles. The van der Waals surface area contributed by atoms with Crippen molar-refractivity contribution < 1.29 is 25.2 Å². The molecule has 9 heteroatoms. The van der Waals surface area contributed by atoms with Crippen LogP contribution in [-0.4, -0.2) is 30.1 Å². The van der Waals surface area contributed by atoms with Gasteiger partial charge in [-0.1, -0.05) is 13.3 Å². The minimum atomic E-state index is -10.7. The summed E-state index contributed by atoms with van der Waals surface area (Å²) in [5, 5.41) is 0. The van der Waals surface area contributed by atoms with Crippen molar-refractivity contribution in [2.75, 3.05) is 20.3 Å². The van der Waals surface area contributed by atoms with Crippen LogP contribution in [0, 0.1) is 0 Å². The molecule has 106 valence electrons. The van der Waals surface area contributed by atoms with Crippen molar-refractivity contribution in [2.45, 2.75) is 19.8 Å². The third-order valence-corrected chi connectivity index (χ3v) is 1.74. The van der Waals surface area contributed by atoms with Crippen LogP contribution in [0.25, 0.3) is 0 Å². The van der Waals surface area contributed by atoms with E-state index in [0.717, 1.165) is 6.67 Å². The molecule has 0 aromatic heterocycles. The maximum atomic E-state index is 9.87. The molecule has 0 saturated heterocycles. The topological polar surface area (TPSA) is 6.48 Å². The fourth-order valence-electron chi connectivity index (χ4n) is 1.10. The molecule has 2 nitrogen and oxygen atoms in total. The molecular formula is C8H16F6N2P-. The Labute approximate surface area is 96.1 Å². The third-order valence-electron chi connectivity index (χ3n) is 1.74. The summed E-state index contributed by atoms with van der Waals surface area (Å²) < 4.78 is 59.2. The first kappa shape index (κ1) is 16.4. The Morgan fingerprint density at radius 2 is 1.53 bits per heavy atom. The monoisotopic (exact) mass is 285 g/mol. The minimum absolute atomic E-state index is 1.07. The van der Waals surface area contributed by atoms with Gasteiger partial charge in [0.1, 0.15) is 0 Å². The van der Waals surface area contributed by atoms with Gasteiger partial charge in [-0.05, 0) is 6.42 Å². The van der Waals surface area contributed by atoms with E-state index in [0.29, 0.717) is 0 Å². The average molecular weight is 285 g/mol. The molecule has 17 heavy (non-hydrogen) atoms. The first-order valence-electron chi connectivity index (χ1n) is 4.97. The molecule has 1 rings (SSSR count). The molecule has 1 heterocycles. The van der Waals surface area contributed by atoms with Gasteiger partial charge in [0, 0.05) is 26.0 Å². The zero-order valence-electron chi connectivity index (χ0n) is 9.59. The van der Waals surface area contributed by atoms with Crippen molar-refractivity contribution in [1.29, 1.82) is 0 Å². The summed E-state index contributed by atoms with van der Waals surface area (Å²) in [5.74, 6) is 0. The first-order valence-corrected chi connectivity index (χ1v) is 7.00. The fourth-order valence-corrected chi connectivity index (χ4v) is 1.10. The van der Waals surface area contributed by atoms with Crippen molar-refractivity contribution in [1.82, 2.24) is 9.80 Å². The van der Waals surface area contributed by atoms with Crippen molar-refractivity contribution in [2.24, 2.45) is 0 Å². The van der Waals surface area contributed by atoms with Crippen LogP contribution in [0.2, 0.25) is 0 Å². The van der Waals surface area contributed by atoms with E-state index in [1.54, 1.807) is 0 Å². The van der Waals surface area contributed by atoms with Crippen LogP contribution in [0.5, 0.6) is 0 Å². The zero-order valence-corrected chi connectivity index (χ0v) is 10.5. The summed E-state index contributed by atoms with van der Waals surface area (Å²) in [5.41, 5.74) is 0. The van der Waals surface area contributed by atoms with Gasteiger partial charge in [0.2, 0.25) is 0 Å². The summed E-state index contributed by atoms with van der Waals surface area (Å²) in [6, 6.07) is 0. The van der Waals surface area contributed by atoms with Crippen LogP contribution < -0.4 is 0 Å². The number of nitrogens with zero attached hydrogens (tertiary/aromatic N) is 2. The molecule has 0 bridgehead atoms. The van der Waals surface area contributed by atoms with E-state index in [2.05, 4.69) is 36.2 Å². The molecule has 0 radical (unpaired) electrons. The summed E-state index contributed by atoms with van der Waals surface area (Å²) in [6.07, 6.45) is 6.87. The Hall–Kier alpha value is -0.650. The van der Waals surface area contributed by atoms with Crippen LogP contribution in [0.4, 0.5) is 25.2 Å². The average Bonchev–Trinajstić information content (AvgIpc) is 2.42. The van der Waals surface area contributed by atoms with Gasteiger partial charge in [0.05, 0.1) is 6.67 Å². The van der Waals surface area contributed by atoms with Crippen LogP contribution in [-0.2, 0) is 0 Å². The van der Waals surface area contributed by atoms with Gasteiger partial charge in [0.25, 0.3) is 0 Å². The predicted molar refractivity (Wildman–Crippen MR) is 57.0 cm³/mol. The van der Waals surface area contributed by atoms with Gasteiger partial charge < -0.3 is 9.80 Å². The van der Waals surface area contributed by atoms with E-state index >= 15 is 0 Å². The second-order valence-corrected chi connectivity index (χ2v) is 5.74. The van der Waals surface area contributed by atoms with Crippen molar-refractivity contribution in [3.63, 3.8) is 0 Å². The van der Waals surface area contributed by atoms with E-state index in [1.165, 1.54) is 19.4 Å². The second kappa shape index (κ2) is 4.55. The Morgan fingerprint density at radius 3 is 1.82 bits per heavy atom. The third kappa shape index (κ3) is 17.9. The Bertz CT molecular complexity index is 260. The Balaban J connectivity index is 0.000000325. The van der Waals surface area contributed by atoms with Crippen molar-refractivity contribution in [3.8, 4) is 0 Å².